The van der Waals surface area contributed by atoms with Gasteiger partial charge in [0.1, 0.15) is 6.04 Å². The van der Waals surface area contributed by atoms with Crippen molar-refractivity contribution >= 4 is 17.7 Å². The molecule has 0 aromatic carbocycles. The minimum atomic E-state index is -0.877. The van der Waals surface area contributed by atoms with Crippen molar-refractivity contribution < 1.29 is 18.8 Å². The smallest absolute Gasteiger partial charge is 0.289 e. The minimum absolute atomic E-state index is 0.0122. The Labute approximate surface area is 121 Å². The minimum Gasteiger partial charge on any atom is -0.438 e. The molecule has 21 heavy (non-hydrogen) atoms. The van der Waals surface area contributed by atoms with Crippen molar-refractivity contribution in [3.63, 3.8) is 0 Å². The molecule has 0 spiro atoms. The summed E-state index contributed by atoms with van der Waals surface area (Å²) in [5.74, 6) is -1.78. The van der Waals surface area contributed by atoms with Crippen LogP contribution < -0.4 is 16.8 Å². The van der Waals surface area contributed by atoms with Crippen molar-refractivity contribution in [1.82, 2.24) is 10.3 Å². The summed E-state index contributed by atoms with van der Waals surface area (Å²) >= 11 is 0. The number of oxazole rings is 1. The number of hydrogen-bond donors (Lipinski definition) is 3. The van der Waals surface area contributed by atoms with Gasteiger partial charge in [-0.05, 0) is 26.7 Å². The molecule has 0 saturated carbocycles. The van der Waals surface area contributed by atoms with Gasteiger partial charge in [-0.3, -0.25) is 14.4 Å². The molecule has 0 fully saturated rings. The lowest BCUT2D eigenvalue weighted by molar-refractivity contribution is -0.120. The summed E-state index contributed by atoms with van der Waals surface area (Å²) in [5.41, 5.74) is 11.6. The van der Waals surface area contributed by atoms with Crippen molar-refractivity contribution in [2.45, 2.75) is 32.7 Å². The van der Waals surface area contributed by atoms with E-state index in [-0.39, 0.29) is 12.2 Å². The first kappa shape index (κ1) is 16.4. The number of nitrogens with two attached hydrogens (primary N) is 2. The van der Waals surface area contributed by atoms with Gasteiger partial charge in [-0.2, -0.15) is 0 Å². The van der Waals surface area contributed by atoms with Crippen LogP contribution in [-0.4, -0.2) is 28.7 Å². The fraction of sp³-hybridized carbons (Fsp3) is 0.385. The molecule has 0 saturated heterocycles. The number of rotatable bonds is 7. The predicted octanol–water partition coefficient (Wildman–Crippen LogP) is -0.140. The molecule has 0 aliphatic rings. The Kier molecular flexibility index (Phi) is 5.65. The summed E-state index contributed by atoms with van der Waals surface area (Å²) in [4.78, 5) is 37.8. The Morgan fingerprint density at radius 2 is 2.00 bits per heavy atom. The second-order valence-electron chi connectivity index (χ2n) is 4.60. The number of carbonyl (C=O) groups is 3. The molecule has 3 amide bonds. The molecular weight excluding hydrogens is 276 g/mol. The molecular formula is C13H18N4O4. The molecule has 8 heteroatoms. The van der Waals surface area contributed by atoms with Gasteiger partial charge in [-0.1, -0.05) is 5.57 Å². The maximum absolute atomic E-state index is 11.8. The Bertz CT molecular complexity index is 563. The lowest BCUT2D eigenvalue weighted by Crippen LogP contribution is -2.44. The molecule has 1 aromatic rings. The van der Waals surface area contributed by atoms with Gasteiger partial charge >= 0.3 is 0 Å². The third-order valence-corrected chi connectivity index (χ3v) is 3.12. The fourth-order valence-electron chi connectivity index (χ4n) is 1.60. The molecule has 1 unspecified atom stereocenters. The zero-order valence-corrected chi connectivity index (χ0v) is 11.9. The standard InChI is InChI=1S/C13H18N4O4/c1-7(8(2)11(14)18)3-4-9(12(15)19)17-13(20)10-5-16-6-21-10/h5-6,9H,3-4H2,1-2H3,(H2,14,18)(H2,15,19)(H,17,20). The van der Waals surface area contributed by atoms with Crippen LogP contribution in [0.2, 0.25) is 0 Å². The number of hydrogen-bond acceptors (Lipinski definition) is 5. The number of allylic oxidation sites excluding steroid dienone is 1. The van der Waals surface area contributed by atoms with Gasteiger partial charge in [0.15, 0.2) is 6.39 Å². The van der Waals surface area contributed by atoms with Crippen LogP contribution in [0.25, 0.3) is 0 Å². The van der Waals surface area contributed by atoms with E-state index in [9.17, 15) is 14.4 Å². The Hall–Kier alpha value is -2.64. The third kappa shape index (κ3) is 4.75. The summed E-state index contributed by atoms with van der Waals surface area (Å²) in [6.07, 6.45) is 3.00. The van der Waals surface area contributed by atoms with Crippen LogP contribution >= 0.6 is 0 Å². The normalized spacial score (nSPS) is 13.2. The molecule has 0 aliphatic heterocycles. The summed E-state index contributed by atoms with van der Waals surface area (Å²) in [6.45, 7) is 3.33. The third-order valence-electron chi connectivity index (χ3n) is 3.12. The summed E-state index contributed by atoms with van der Waals surface area (Å²) in [7, 11) is 0. The summed E-state index contributed by atoms with van der Waals surface area (Å²) in [6, 6.07) is -0.877. The van der Waals surface area contributed by atoms with Crippen molar-refractivity contribution in [3.05, 3.63) is 29.5 Å². The monoisotopic (exact) mass is 294 g/mol. The van der Waals surface area contributed by atoms with Gasteiger partial charge in [-0.25, -0.2) is 4.98 Å². The number of carbonyl (C=O) groups excluding carboxylic acids is 3. The van der Waals surface area contributed by atoms with E-state index in [4.69, 9.17) is 15.9 Å². The Morgan fingerprint density at radius 3 is 2.48 bits per heavy atom. The van der Waals surface area contributed by atoms with E-state index in [2.05, 4.69) is 10.3 Å². The lowest BCUT2D eigenvalue weighted by Gasteiger charge is -2.15. The number of aromatic nitrogens is 1. The highest BCUT2D eigenvalue weighted by Crippen LogP contribution is 2.12. The van der Waals surface area contributed by atoms with E-state index >= 15 is 0 Å². The quantitative estimate of drug-likeness (QED) is 0.600. The van der Waals surface area contributed by atoms with Crippen molar-refractivity contribution in [2.75, 3.05) is 0 Å². The number of primary amides is 2. The number of amides is 3. The second kappa shape index (κ2) is 7.22. The highest BCUT2D eigenvalue weighted by atomic mass is 16.3. The van der Waals surface area contributed by atoms with Crippen molar-refractivity contribution in [1.29, 1.82) is 0 Å². The molecule has 0 radical (unpaired) electrons. The molecule has 1 atom stereocenters. The molecule has 114 valence electrons. The van der Waals surface area contributed by atoms with Crippen LogP contribution in [0.15, 0.2) is 28.2 Å². The Morgan fingerprint density at radius 1 is 1.33 bits per heavy atom. The first-order valence-corrected chi connectivity index (χ1v) is 6.27. The number of nitrogens with one attached hydrogen (secondary N) is 1. The van der Waals surface area contributed by atoms with Crippen LogP contribution in [0, 0.1) is 0 Å². The molecule has 5 N–H and O–H groups in total. The van der Waals surface area contributed by atoms with E-state index in [1.165, 1.54) is 6.20 Å². The highest BCUT2D eigenvalue weighted by Gasteiger charge is 2.20. The van der Waals surface area contributed by atoms with Crippen LogP contribution in [0.1, 0.15) is 37.2 Å². The van der Waals surface area contributed by atoms with E-state index in [1.807, 2.05) is 0 Å². The lowest BCUT2D eigenvalue weighted by atomic mass is 10.0. The molecule has 1 rings (SSSR count). The highest BCUT2D eigenvalue weighted by molar-refractivity contribution is 5.95. The molecule has 1 heterocycles. The first-order valence-electron chi connectivity index (χ1n) is 6.27. The average Bonchev–Trinajstić information content (AvgIpc) is 2.95. The van der Waals surface area contributed by atoms with Crippen LogP contribution in [0.5, 0.6) is 0 Å². The summed E-state index contributed by atoms with van der Waals surface area (Å²) in [5, 5.41) is 2.46. The van der Waals surface area contributed by atoms with E-state index < -0.39 is 23.8 Å². The van der Waals surface area contributed by atoms with Crippen LogP contribution in [0.3, 0.4) is 0 Å². The summed E-state index contributed by atoms with van der Waals surface area (Å²) < 4.78 is 4.83. The Balaban J connectivity index is 2.67. The molecule has 0 aliphatic carbocycles. The number of nitrogens with zero attached hydrogens (tertiary/aromatic N) is 1. The van der Waals surface area contributed by atoms with Crippen molar-refractivity contribution in [2.24, 2.45) is 11.5 Å². The van der Waals surface area contributed by atoms with Crippen LogP contribution in [-0.2, 0) is 9.59 Å². The zero-order chi connectivity index (χ0) is 16.0. The van der Waals surface area contributed by atoms with Gasteiger partial charge in [0.25, 0.3) is 5.91 Å². The maximum atomic E-state index is 11.8. The predicted molar refractivity (Wildman–Crippen MR) is 73.8 cm³/mol. The average molecular weight is 294 g/mol. The van der Waals surface area contributed by atoms with Gasteiger partial charge in [0.2, 0.25) is 17.6 Å². The van der Waals surface area contributed by atoms with E-state index in [1.54, 1.807) is 13.8 Å². The van der Waals surface area contributed by atoms with Gasteiger partial charge < -0.3 is 21.2 Å². The molecule has 8 nitrogen and oxygen atoms in total. The second-order valence-corrected chi connectivity index (χ2v) is 4.60. The van der Waals surface area contributed by atoms with Crippen LogP contribution in [0.4, 0.5) is 0 Å². The van der Waals surface area contributed by atoms with Gasteiger partial charge in [0.05, 0.1) is 6.20 Å². The maximum Gasteiger partial charge on any atom is 0.289 e. The molecule has 0 bridgehead atoms. The van der Waals surface area contributed by atoms with E-state index in [0.717, 1.165) is 12.0 Å². The largest absolute Gasteiger partial charge is 0.438 e. The zero-order valence-electron chi connectivity index (χ0n) is 11.9. The first-order chi connectivity index (χ1) is 9.82. The molecule has 1 aromatic heterocycles. The topological polar surface area (TPSA) is 141 Å². The van der Waals surface area contributed by atoms with Crippen molar-refractivity contribution in [3.8, 4) is 0 Å². The van der Waals surface area contributed by atoms with Gasteiger partial charge in [0, 0.05) is 5.57 Å². The van der Waals surface area contributed by atoms with Gasteiger partial charge in [-0.15, -0.1) is 0 Å². The fourth-order valence-corrected chi connectivity index (χ4v) is 1.60. The SMILES string of the molecule is CC(CCC(NC(=O)c1cnco1)C(N)=O)=C(C)C(N)=O. The van der Waals surface area contributed by atoms with E-state index in [0.29, 0.717) is 12.0 Å².